The molecule has 1 aromatic heterocycles. The highest BCUT2D eigenvalue weighted by Crippen LogP contribution is 2.35. The van der Waals surface area contributed by atoms with Crippen LogP contribution in [0, 0.1) is 11.8 Å². The first kappa shape index (κ1) is 22.0. The minimum Gasteiger partial charge on any atom is -0.369 e. The molecule has 0 amide bonds. The summed E-state index contributed by atoms with van der Waals surface area (Å²) in [6.07, 6.45) is -3.61. The maximum atomic E-state index is 13.1. The van der Waals surface area contributed by atoms with Gasteiger partial charge in [-0.05, 0) is 61.7 Å². The van der Waals surface area contributed by atoms with Gasteiger partial charge in [-0.2, -0.15) is 13.2 Å². The number of fused-ring (bicyclic) bond motifs is 2. The van der Waals surface area contributed by atoms with Crippen LogP contribution in [-0.4, -0.2) is 39.6 Å². The van der Waals surface area contributed by atoms with E-state index in [1.165, 1.54) is 6.07 Å². The predicted molar refractivity (Wildman–Crippen MR) is 118 cm³/mol. The fourth-order valence-corrected chi connectivity index (χ4v) is 6.27. The van der Waals surface area contributed by atoms with Crippen LogP contribution in [-0.2, 0) is 16.0 Å². The van der Waals surface area contributed by atoms with E-state index in [-0.39, 0.29) is 0 Å². The second-order valence-corrected chi connectivity index (χ2v) is 10.6. The molecule has 2 fully saturated rings. The van der Waals surface area contributed by atoms with Crippen molar-refractivity contribution in [1.82, 2.24) is 10.3 Å². The molecule has 33 heavy (non-hydrogen) atoms. The van der Waals surface area contributed by atoms with E-state index in [4.69, 9.17) is 0 Å². The molecule has 2 aliphatic heterocycles. The van der Waals surface area contributed by atoms with Gasteiger partial charge in [0.15, 0.2) is 0 Å². The lowest BCUT2D eigenvalue weighted by molar-refractivity contribution is -0.137. The van der Waals surface area contributed by atoms with Crippen molar-refractivity contribution in [3.63, 3.8) is 0 Å². The van der Waals surface area contributed by atoms with E-state index in [0.717, 1.165) is 56.5 Å². The Hall–Kier alpha value is -2.85. The summed E-state index contributed by atoms with van der Waals surface area (Å²) < 4.78 is 65.4. The van der Waals surface area contributed by atoms with Gasteiger partial charge in [-0.25, -0.2) is 8.42 Å². The molecular formula is C23H22F3N3O3S. The van der Waals surface area contributed by atoms with Crippen LogP contribution in [0.25, 0.3) is 10.9 Å². The number of nitrogens with zero attached hydrogens (tertiary/aromatic N) is 1. The Balaban J connectivity index is 1.56. The number of nitrogens with one attached hydrogen (secondary N) is 2. The molecule has 2 aliphatic rings. The number of pyridine rings is 1. The minimum atomic E-state index is -4.70. The number of H-pyrrole nitrogens is 1. The molecule has 2 aromatic carbocycles. The number of hydrogen-bond donors (Lipinski definition) is 2. The molecule has 3 heterocycles. The Morgan fingerprint density at radius 3 is 2.52 bits per heavy atom. The van der Waals surface area contributed by atoms with Crippen LogP contribution in [0.1, 0.15) is 12.0 Å². The Morgan fingerprint density at radius 2 is 1.76 bits per heavy atom. The van der Waals surface area contributed by atoms with Gasteiger partial charge in [-0.15, -0.1) is 0 Å². The van der Waals surface area contributed by atoms with E-state index in [2.05, 4.69) is 15.2 Å². The molecule has 6 nitrogen and oxygen atoms in total. The fourth-order valence-electron chi connectivity index (χ4n) is 4.89. The average Bonchev–Trinajstić information content (AvgIpc) is 3.22. The molecule has 2 atom stereocenters. The zero-order valence-electron chi connectivity index (χ0n) is 17.5. The number of benzene rings is 2. The van der Waals surface area contributed by atoms with Crippen molar-refractivity contribution in [2.45, 2.75) is 22.4 Å². The summed E-state index contributed by atoms with van der Waals surface area (Å²) in [6, 6.07) is 10.0. The number of aromatic nitrogens is 1. The number of para-hydroxylation sites is 1. The number of sulfone groups is 1. The summed E-state index contributed by atoms with van der Waals surface area (Å²) >= 11 is 0. The van der Waals surface area contributed by atoms with E-state index < -0.39 is 36.9 Å². The molecule has 0 aliphatic carbocycles. The summed E-state index contributed by atoms with van der Waals surface area (Å²) in [4.78, 5) is 16.6. The van der Waals surface area contributed by atoms with Crippen LogP contribution in [0.15, 0.2) is 63.1 Å². The van der Waals surface area contributed by atoms with Crippen LogP contribution >= 0.6 is 0 Å². The third kappa shape index (κ3) is 3.91. The van der Waals surface area contributed by atoms with Crippen molar-refractivity contribution in [1.29, 1.82) is 0 Å². The van der Waals surface area contributed by atoms with E-state index in [9.17, 15) is 26.4 Å². The lowest BCUT2D eigenvalue weighted by Gasteiger charge is -2.23. The Bertz CT molecular complexity index is 1370. The van der Waals surface area contributed by atoms with E-state index >= 15 is 0 Å². The standard InChI is InChI=1S/C23H22F3N3O3S/c24-23(25,26)17-4-2-5-18(10-17)33(31,32)20-9-14-3-1-6-19(21(14)28-22(20)30)29-12-15-7-8-27-11-16(15)13-29/h1-6,9-10,15-16,27H,7-8,11-13H2,(H,28,30). The SMILES string of the molecule is O=c1[nH]c2c(N3CC4CCNCC4C3)cccc2cc1S(=O)(=O)c1cccc(C(F)(F)F)c1. The minimum absolute atomic E-state index is 0.505. The van der Waals surface area contributed by atoms with E-state index in [1.54, 1.807) is 12.1 Å². The quantitative estimate of drug-likeness (QED) is 0.604. The lowest BCUT2D eigenvalue weighted by atomic mass is 9.90. The molecule has 174 valence electrons. The zero-order valence-corrected chi connectivity index (χ0v) is 18.3. The Morgan fingerprint density at radius 1 is 1.00 bits per heavy atom. The first-order valence-corrected chi connectivity index (χ1v) is 12.2. The molecule has 0 spiro atoms. The topological polar surface area (TPSA) is 82.3 Å². The van der Waals surface area contributed by atoms with Gasteiger partial charge >= 0.3 is 6.18 Å². The number of hydrogen-bond acceptors (Lipinski definition) is 5. The molecule has 0 saturated carbocycles. The fraction of sp³-hybridized carbons (Fsp3) is 0.348. The highest BCUT2D eigenvalue weighted by atomic mass is 32.2. The molecule has 2 saturated heterocycles. The van der Waals surface area contributed by atoms with Gasteiger partial charge in [0.05, 0.1) is 21.7 Å². The normalized spacial score (nSPS) is 21.4. The first-order chi connectivity index (χ1) is 15.6. The number of rotatable bonds is 3. The summed E-state index contributed by atoms with van der Waals surface area (Å²) in [5, 5.41) is 3.91. The Labute approximate surface area is 188 Å². The van der Waals surface area contributed by atoms with Crippen LogP contribution < -0.4 is 15.8 Å². The first-order valence-electron chi connectivity index (χ1n) is 10.7. The summed E-state index contributed by atoms with van der Waals surface area (Å²) in [6.45, 7) is 3.63. The van der Waals surface area contributed by atoms with Gasteiger partial charge in [0.25, 0.3) is 5.56 Å². The second kappa shape index (κ2) is 7.88. The highest BCUT2D eigenvalue weighted by Gasteiger charge is 2.35. The highest BCUT2D eigenvalue weighted by molar-refractivity contribution is 7.91. The largest absolute Gasteiger partial charge is 0.416 e. The monoisotopic (exact) mass is 477 g/mol. The molecule has 2 unspecified atom stereocenters. The molecule has 3 aromatic rings. The second-order valence-electron chi connectivity index (χ2n) is 8.65. The van der Waals surface area contributed by atoms with Gasteiger partial charge < -0.3 is 15.2 Å². The lowest BCUT2D eigenvalue weighted by Crippen LogP contribution is -2.35. The molecular weight excluding hydrogens is 455 g/mol. The van der Waals surface area contributed by atoms with E-state index in [0.29, 0.717) is 28.8 Å². The smallest absolute Gasteiger partial charge is 0.369 e. The number of aromatic amines is 1. The summed E-state index contributed by atoms with van der Waals surface area (Å²) in [5.41, 5.74) is -0.599. The molecule has 0 bridgehead atoms. The third-order valence-electron chi connectivity index (χ3n) is 6.60. The molecule has 10 heteroatoms. The van der Waals surface area contributed by atoms with Crippen LogP contribution in [0.3, 0.4) is 0 Å². The summed E-state index contributed by atoms with van der Waals surface area (Å²) in [7, 11) is -4.46. The van der Waals surface area contributed by atoms with E-state index in [1.807, 2.05) is 6.07 Å². The van der Waals surface area contributed by atoms with Crippen LogP contribution in [0.5, 0.6) is 0 Å². The van der Waals surface area contributed by atoms with Gasteiger partial charge in [0.1, 0.15) is 4.90 Å². The van der Waals surface area contributed by atoms with Gasteiger partial charge in [-0.3, -0.25) is 4.79 Å². The van der Waals surface area contributed by atoms with Gasteiger partial charge in [-0.1, -0.05) is 18.2 Å². The van der Waals surface area contributed by atoms with Crippen molar-refractivity contribution in [3.05, 3.63) is 64.4 Å². The maximum Gasteiger partial charge on any atom is 0.416 e. The van der Waals surface area contributed by atoms with Crippen molar-refractivity contribution < 1.29 is 21.6 Å². The number of anilines is 1. The molecule has 0 radical (unpaired) electrons. The van der Waals surface area contributed by atoms with Crippen LogP contribution in [0.4, 0.5) is 18.9 Å². The van der Waals surface area contributed by atoms with Crippen LogP contribution in [0.2, 0.25) is 0 Å². The Kier molecular flexibility index (Phi) is 5.24. The number of piperidine rings is 1. The number of halogens is 3. The average molecular weight is 478 g/mol. The molecule has 2 N–H and O–H groups in total. The molecule has 5 rings (SSSR count). The van der Waals surface area contributed by atoms with Crippen molar-refractivity contribution in [2.24, 2.45) is 11.8 Å². The predicted octanol–water partition coefficient (Wildman–Crippen LogP) is 3.43. The van der Waals surface area contributed by atoms with Gasteiger partial charge in [0, 0.05) is 18.5 Å². The maximum absolute atomic E-state index is 13.1. The third-order valence-corrected chi connectivity index (χ3v) is 8.36. The van der Waals surface area contributed by atoms with Gasteiger partial charge in [0.2, 0.25) is 9.84 Å². The van der Waals surface area contributed by atoms with Crippen molar-refractivity contribution in [3.8, 4) is 0 Å². The van der Waals surface area contributed by atoms with Crippen molar-refractivity contribution >= 4 is 26.4 Å². The number of alkyl halides is 3. The van der Waals surface area contributed by atoms with Crippen molar-refractivity contribution in [2.75, 3.05) is 31.1 Å². The zero-order chi connectivity index (χ0) is 23.4. The summed E-state index contributed by atoms with van der Waals surface area (Å²) in [5.74, 6) is 1.08.